The summed E-state index contributed by atoms with van der Waals surface area (Å²) in [5.41, 5.74) is 4.80. The Labute approximate surface area is 301 Å². The van der Waals surface area contributed by atoms with Gasteiger partial charge in [0, 0.05) is 46.0 Å². The Bertz CT molecular complexity index is 1590. The lowest BCUT2D eigenvalue weighted by Crippen LogP contribution is -2.28. The van der Waals surface area contributed by atoms with Crippen LogP contribution in [0.5, 0.6) is 23.0 Å². The summed E-state index contributed by atoms with van der Waals surface area (Å²) in [5.74, 6) is 1.61. The van der Waals surface area contributed by atoms with E-state index in [1.54, 1.807) is 52.7 Å². The number of rotatable bonds is 18. The summed E-state index contributed by atoms with van der Waals surface area (Å²) in [6.07, 6.45) is 1.29. The molecule has 0 N–H and O–H groups in total. The van der Waals surface area contributed by atoms with Crippen LogP contribution in [-0.4, -0.2) is 80.8 Å². The molecule has 0 aliphatic heterocycles. The largest absolute Gasteiger partial charge is 0.493 e. The Kier molecular flexibility index (Phi) is 14.0. The second kappa shape index (κ2) is 18.6. The Hall–Kier alpha value is -5.38. The van der Waals surface area contributed by atoms with Crippen molar-refractivity contribution in [3.8, 4) is 23.0 Å². The van der Waals surface area contributed by atoms with Crippen LogP contribution in [0.3, 0.4) is 0 Å². The normalized spacial score (nSPS) is 11.9. The van der Waals surface area contributed by atoms with Crippen LogP contribution in [0.25, 0.3) is 0 Å². The van der Waals surface area contributed by atoms with Gasteiger partial charge in [0.05, 0.1) is 39.6 Å². The van der Waals surface area contributed by atoms with Crippen LogP contribution >= 0.6 is 0 Å². The zero-order chi connectivity index (χ0) is 36.9. The first-order chi connectivity index (χ1) is 24.5. The van der Waals surface area contributed by atoms with Gasteiger partial charge in [0.25, 0.3) is 0 Å². The summed E-state index contributed by atoms with van der Waals surface area (Å²) in [6.45, 7) is 0. The Morgan fingerprint density at radius 2 is 0.863 bits per heavy atom. The molecule has 0 radical (unpaired) electrons. The molecule has 272 valence electrons. The molecule has 4 aromatic rings. The molecule has 0 heterocycles. The molecule has 2 atom stereocenters. The number of benzene rings is 4. The molecule has 0 amide bonds. The highest BCUT2D eigenvalue weighted by Gasteiger charge is 2.25. The van der Waals surface area contributed by atoms with Crippen molar-refractivity contribution < 1.29 is 38.0 Å². The number of carbonyl (C=O) groups excluding carboxylic acids is 2. The fraction of sp³-hybridized carbons (Fsp3) is 0.366. The summed E-state index contributed by atoms with van der Waals surface area (Å²) < 4.78 is 34.3. The van der Waals surface area contributed by atoms with Gasteiger partial charge < -0.3 is 38.2 Å². The summed E-state index contributed by atoms with van der Waals surface area (Å²) in [6, 6.07) is 26.0. The third kappa shape index (κ3) is 10.8. The van der Waals surface area contributed by atoms with Crippen molar-refractivity contribution in [3.63, 3.8) is 0 Å². The van der Waals surface area contributed by atoms with Gasteiger partial charge in [-0.3, -0.25) is 0 Å². The van der Waals surface area contributed by atoms with Crippen LogP contribution in [-0.2, 0) is 22.3 Å². The Morgan fingerprint density at radius 3 is 1.18 bits per heavy atom. The number of aryl methyl sites for hydroxylation is 2. The summed E-state index contributed by atoms with van der Waals surface area (Å²) >= 11 is 0. The van der Waals surface area contributed by atoms with Gasteiger partial charge in [-0.2, -0.15) is 0 Å². The van der Waals surface area contributed by atoms with E-state index in [-0.39, 0.29) is 0 Å². The average Bonchev–Trinajstić information content (AvgIpc) is 3.15. The van der Waals surface area contributed by atoms with Gasteiger partial charge >= 0.3 is 11.9 Å². The van der Waals surface area contributed by atoms with Crippen molar-refractivity contribution in [3.05, 3.63) is 107 Å². The predicted molar refractivity (Wildman–Crippen MR) is 200 cm³/mol. The van der Waals surface area contributed by atoms with E-state index >= 15 is 0 Å². The third-order valence-electron chi connectivity index (χ3n) is 8.72. The lowest BCUT2D eigenvalue weighted by atomic mass is 9.98. The molecule has 10 nitrogen and oxygen atoms in total. The van der Waals surface area contributed by atoms with Crippen molar-refractivity contribution in [1.82, 2.24) is 0 Å². The summed E-state index contributed by atoms with van der Waals surface area (Å²) in [7, 11) is 14.2. The molecule has 4 rings (SSSR count). The maximum Gasteiger partial charge on any atom is 0.338 e. The molecule has 0 bridgehead atoms. The van der Waals surface area contributed by atoms with Gasteiger partial charge in [-0.05, 0) is 110 Å². The lowest BCUT2D eigenvalue weighted by Gasteiger charge is -2.25. The van der Waals surface area contributed by atoms with Gasteiger partial charge in [0.1, 0.15) is 12.2 Å². The minimum Gasteiger partial charge on any atom is -0.493 e. The van der Waals surface area contributed by atoms with Gasteiger partial charge in [0.15, 0.2) is 23.0 Å². The van der Waals surface area contributed by atoms with Crippen LogP contribution in [0.4, 0.5) is 11.4 Å². The van der Waals surface area contributed by atoms with Crippen LogP contribution in [0.2, 0.25) is 0 Å². The molecular weight excluding hydrogens is 648 g/mol. The van der Waals surface area contributed by atoms with Gasteiger partial charge in [-0.25, -0.2) is 9.59 Å². The van der Waals surface area contributed by atoms with E-state index in [2.05, 4.69) is 0 Å². The monoisotopic (exact) mass is 698 g/mol. The van der Waals surface area contributed by atoms with E-state index in [1.807, 2.05) is 98.7 Å². The molecule has 4 aromatic carbocycles. The smallest absolute Gasteiger partial charge is 0.338 e. The quantitative estimate of drug-likeness (QED) is 0.0989. The minimum absolute atomic E-state index is 0.295. The first-order valence-corrected chi connectivity index (χ1v) is 16.9. The fourth-order valence-electron chi connectivity index (χ4n) is 5.70. The first-order valence-electron chi connectivity index (χ1n) is 16.9. The Balaban J connectivity index is 1.61. The molecule has 51 heavy (non-hydrogen) atoms. The van der Waals surface area contributed by atoms with E-state index in [0.717, 1.165) is 22.5 Å². The first kappa shape index (κ1) is 38.4. The van der Waals surface area contributed by atoms with Crippen LogP contribution in [0.1, 0.15) is 51.1 Å². The standard InChI is InChI=1S/C41H50N2O8/c1-42(2)32-17-13-30(14-18-32)40(44)50-34(21-9-28-11-23-36(46-5)38(25-28)48-7)27-35(22-10-29-12-24-37(47-6)39(26-29)49-8)51-41(45)31-15-19-33(20-16-31)43(3)4/h11-20,23-26,34-35H,9-10,21-22,27H2,1-8H3/t34-,35-/m0/s1. The Morgan fingerprint density at radius 1 is 0.510 bits per heavy atom. The highest BCUT2D eigenvalue weighted by atomic mass is 16.6. The molecule has 0 saturated heterocycles. The second-order valence-corrected chi connectivity index (χ2v) is 12.6. The van der Waals surface area contributed by atoms with Crippen LogP contribution in [0, 0.1) is 0 Å². The van der Waals surface area contributed by atoms with Crippen LogP contribution in [0.15, 0.2) is 84.9 Å². The molecule has 0 fully saturated rings. The van der Waals surface area contributed by atoms with Crippen molar-refractivity contribution in [2.45, 2.75) is 44.3 Å². The zero-order valence-electron chi connectivity index (χ0n) is 30.9. The number of hydrogen-bond acceptors (Lipinski definition) is 10. The van der Waals surface area contributed by atoms with E-state index in [9.17, 15) is 9.59 Å². The minimum atomic E-state index is -0.571. The zero-order valence-corrected chi connectivity index (χ0v) is 30.9. The maximum absolute atomic E-state index is 13.5. The lowest BCUT2D eigenvalue weighted by molar-refractivity contribution is -0.00379. The van der Waals surface area contributed by atoms with Gasteiger partial charge in [-0.1, -0.05) is 12.1 Å². The highest BCUT2D eigenvalue weighted by Crippen LogP contribution is 2.31. The molecule has 0 aromatic heterocycles. The van der Waals surface area contributed by atoms with E-state index in [1.165, 1.54) is 0 Å². The number of esters is 2. The van der Waals surface area contributed by atoms with E-state index in [4.69, 9.17) is 28.4 Å². The van der Waals surface area contributed by atoms with Crippen molar-refractivity contribution in [2.24, 2.45) is 0 Å². The third-order valence-corrected chi connectivity index (χ3v) is 8.72. The number of anilines is 2. The molecule has 0 spiro atoms. The van der Waals surface area contributed by atoms with Crippen LogP contribution < -0.4 is 28.7 Å². The van der Waals surface area contributed by atoms with Crippen molar-refractivity contribution in [1.29, 1.82) is 0 Å². The number of ether oxygens (including phenoxy) is 6. The molecule has 0 unspecified atom stereocenters. The topological polar surface area (TPSA) is 96.0 Å². The SMILES string of the molecule is COc1ccc(CC[C@@H](C[C@H](CCc2ccc(OC)c(OC)c2)OC(=O)c2ccc(N(C)C)cc2)OC(=O)c2ccc(N(C)C)cc2)cc1OC. The number of carbonyl (C=O) groups is 2. The average molecular weight is 699 g/mol. The predicted octanol–water partition coefficient (Wildman–Crippen LogP) is 7.26. The van der Waals surface area contributed by atoms with Crippen molar-refractivity contribution in [2.75, 3.05) is 66.4 Å². The molecule has 0 aliphatic rings. The maximum atomic E-state index is 13.5. The van der Waals surface area contributed by atoms with Crippen molar-refractivity contribution >= 4 is 23.3 Å². The molecular formula is C41H50N2O8. The molecule has 10 heteroatoms. The number of methoxy groups -OCH3 is 4. The molecule has 0 saturated carbocycles. The fourth-order valence-corrected chi connectivity index (χ4v) is 5.70. The highest BCUT2D eigenvalue weighted by molar-refractivity contribution is 5.90. The van der Waals surface area contributed by atoms with E-state index < -0.39 is 24.1 Å². The number of nitrogens with zero attached hydrogens (tertiary/aromatic N) is 2. The summed E-state index contributed by atoms with van der Waals surface area (Å²) in [5, 5.41) is 0. The van der Waals surface area contributed by atoms with E-state index in [0.29, 0.717) is 66.2 Å². The molecule has 0 aliphatic carbocycles. The van der Waals surface area contributed by atoms with Gasteiger partial charge in [-0.15, -0.1) is 0 Å². The van der Waals surface area contributed by atoms with Gasteiger partial charge in [0.2, 0.25) is 0 Å². The number of hydrogen-bond donors (Lipinski definition) is 0. The summed E-state index contributed by atoms with van der Waals surface area (Å²) in [4.78, 5) is 31.0. The second-order valence-electron chi connectivity index (χ2n) is 12.6.